The van der Waals surface area contributed by atoms with Gasteiger partial charge in [0.15, 0.2) is 0 Å². The van der Waals surface area contributed by atoms with Gasteiger partial charge in [-0.1, -0.05) is 24.6 Å². The Labute approximate surface area is 112 Å². The molecule has 0 saturated carbocycles. The van der Waals surface area contributed by atoms with Gasteiger partial charge >= 0.3 is 0 Å². The topological polar surface area (TPSA) is 29.9 Å². The Morgan fingerprint density at radius 3 is 3.00 bits per heavy atom. The summed E-state index contributed by atoms with van der Waals surface area (Å²) < 4.78 is 2.25. The van der Waals surface area contributed by atoms with Gasteiger partial charge in [0, 0.05) is 6.54 Å². The van der Waals surface area contributed by atoms with Crippen molar-refractivity contribution >= 4 is 22.6 Å². The summed E-state index contributed by atoms with van der Waals surface area (Å²) in [6, 6.07) is 6.30. The van der Waals surface area contributed by atoms with E-state index < -0.39 is 0 Å². The summed E-state index contributed by atoms with van der Waals surface area (Å²) in [5.74, 6) is 1.76. The number of para-hydroxylation sites is 1. The van der Waals surface area contributed by atoms with E-state index in [-0.39, 0.29) is 0 Å². The van der Waals surface area contributed by atoms with E-state index in [1.165, 1.54) is 6.42 Å². The van der Waals surface area contributed by atoms with Crippen LogP contribution in [0.1, 0.15) is 32.1 Å². The van der Waals surface area contributed by atoms with Gasteiger partial charge in [0.1, 0.15) is 5.82 Å². The Morgan fingerprint density at radius 1 is 1.50 bits per heavy atom. The van der Waals surface area contributed by atoms with Crippen LogP contribution in [0.15, 0.2) is 18.2 Å². The number of nitrogens with zero attached hydrogens (tertiary/aromatic N) is 2. The van der Waals surface area contributed by atoms with Gasteiger partial charge in [-0.15, -0.1) is 0 Å². The molecule has 2 unspecified atom stereocenters. The standard InChI is InChI=1S/C14H18ClN3/c1-3-18-13-10(15)5-4-6-11(13)17-14(18)12-9(2)7-8-16-12/h4-6,9,12,16H,3,7-8H2,1-2H3. The number of aromatic nitrogens is 2. The van der Waals surface area contributed by atoms with Crippen LogP contribution in [0.25, 0.3) is 11.0 Å². The van der Waals surface area contributed by atoms with Crippen LogP contribution in [-0.4, -0.2) is 16.1 Å². The highest BCUT2D eigenvalue weighted by Gasteiger charge is 2.29. The van der Waals surface area contributed by atoms with Crippen molar-refractivity contribution in [3.8, 4) is 0 Å². The van der Waals surface area contributed by atoms with Crippen LogP contribution in [0.5, 0.6) is 0 Å². The summed E-state index contributed by atoms with van der Waals surface area (Å²) >= 11 is 6.32. The second-order valence-corrected chi connectivity index (χ2v) is 5.43. The molecule has 0 amide bonds. The van der Waals surface area contributed by atoms with Crippen LogP contribution < -0.4 is 5.32 Å². The summed E-state index contributed by atoms with van der Waals surface area (Å²) in [7, 11) is 0. The maximum Gasteiger partial charge on any atom is 0.127 e. The Bertz CT molecular complexity index is 576. The molecular weight excluding hydrogens is 246 g/mol. The summed E-state index contributed by atoms with van der Waals surface area (Å²) in [5.41, 5.74) is 2.07. The number of hydrogen-bond acceptors (Lipinski definition) is 2. The van der Waals surface area contributed by atoms with Crippen molar-refractivity contribution < 1.29 is 0 Å². The smallest absolute Gasteiger partial charge is 0.127 e. The quantitative estimate of drug-likeness (QED) is 0.900. The number of halogens is 1. The Hall–Kier alpha value is -1.06. The van der Waals surface area contributed by atoms with Crippen LogP contribution in [0, 0.1) is 5.92 Å². The number of rotatable bonds is 2. The van der Waals surface area contributed by atoms with Gasteiger partial charge in [-0.25, -0.2) is 4.98 Å². The highest BCUT2D eigenvalue weighted by atomic mass is 35.5. The van der Waals surface area contributed by atoms with E-state index in [4.69, 9.17) is 16.6 Å². The molecule has 0 aliphatic carbocycles. The molecule has 1 aromatic heterocycles. The third-order valence-electron chi connectivity index (χ3n) is 3.87. The highest BCUT2D eigenvalue weighted by molar-refractivity contribution is 6.35. The van der Waals surface area contributed by atoms with Crippen molar-refractivity contribution in [1.82, 2.24) is 14.9 Å². The monoisotopic (exact) mass is 263 g/mol. The zero-order valence-corrected chi connectivity index (χ0v) is 11.5. The maximum atomic E-state index is 6.32. The van der Waals surface area contributed by atoms with Gasteiger partial charge in [-0.05, 0) is 37.9 Å². The molecule has 96 valence electrons. The first kappa shape index (κ1) is 12.0. The first-order valence-corrected chi connectivity index (χ1v) is 6.98. The van der Waals surface area contributed by atoms with Crippen LogP contribution in [-0.2, 0) is 6.54 Å². The maximum absolute atomic E-state index is 6.32. The molecule has 0 spiro atoms. The molecular formula is C14H18ClN3. The lowest BCUT2D eigenvalue weighted by atomic mass is 10.0. The molecule has 1 aliphatic rings. The Morgan fingerprint density at radius 2 is 2.33 bits per heavy atom. The Kier molecular flexibility index (Phi) is 3.04. The minimum atomic E-state index is 0.355. The predicted octanol–water partition coefficient (Wildman–Crippen LogP) is 3.38. The third-order valence-corrected chi connectivity index (χ3v) is 4.18. The van der Waals surface area contributed by atoms with E-state index in [1.54, 1.807) is 0 Å². The molecule has 1 fully saturated rings. The van der Waals surface area contributed by atoms with E-state index in [0.29, 0.717) is 12.0 Å². The molecule has 4 heteroatoms. The minimum absolute atomic E-state index is 0.355. The fraction of sp³-hybridized carbons (Fsp3) is 0.500. The molecule has 1 saturated heterocycles. The zero-order chi connectivity index (χ0) is 12.7. The largest absolute Gasteiger partial charge is 0.326 e. The summed E-state index contributed by atoms with van der Waals surface area (Å²) in [5, 5.41) is 4.34. The van der Waals surface area contributed by atoms with Crippen molar-refractivity contribution in [2.45, 2.75) is 32.9 Å². The number of nitrogens with one attached hydrogen (secondary N) is 1. The van der Waals surface area contributed by atoms with Gasteiger partial charge in [-0.2, -0.15) is 0 Å². The highest BCUT2D eigenvalue weighted by Crippen LogP contribution is 2.33. The van der Waals surface area contributed by atoms with Crippen molar-refractivity contribution in [1.29, 1.82) is 0 Å². The number of hydrogen-bond donors (Lipinski definition) is 1. The van der Waals surface area contributed by atoms with Crippen LogP contribution in [0.4, 0.5) is 0 Å². The van der Waals surface area contributed by atoms with Crippen molar-refractivity contribution in [3.63, 3.8) is 0 Å². The van der Waals surface area contributed by atoms with Crippen molar-refractivity contribution in [2.24, 2.45) is 5.92 Å². The average Bonchev–Trinajstić information content (AvgIpc) is 2.92. The van der Waals surface area contributed by atoms with Gasteiger partial charge in [-0.3, -0.25) is 0 Å². The van der Waals surface area contributed by atoms with Gasteiger partial charge in [0.2, 0.25) is 0 Å². The lowest BCUT2D eigenvalue weighted by Gasteiger charge is -2.16. The van der Waals surface area contributed by atoms with Crippen LogP contribution in [0.3, 0.4) is 0 Å². The zero-order valence-electron chi connectivity index (χ0n) is 10.8. The second kappa shape index (κ2) is 4.56. The van der Waals surface area contributed by atoms with Crippen LogP contribution >= 0.6 is 11.6 Å². The number of benzene rings is 1. The molecule has 18 heavy (non-hydrogen) atoms. The molecule has 3 nitrogen and oxygen atoms in total. The predicted molar refractivity (Wildman–Crippen MR) is 74.9 cm³/mol. The molecule has 3 rings (SSSR count). The molecule has 1 aromatic carbocycles. The van der Waals surface area contributed by atoms with E-state index in [9.17, 15) is 0 Å². The molecule has 1 aliphatic heterocycles. The average molecular weight is 264 g/mol. The second-order valence-electron chi connectivity index (χ2n) is 5.02. The van der Waals surface area contributed by atoms with Gasteiger partial charge in [0.25, 0.3) is 0 Å². The first-order valence-electron chi connectivity index (χ1n) is 6.60. The molecule has 2 atom stereocenters. The van der Waals surface area contributed by atoms with E-state index in [2.05, 4.69) is 23.7 Å². The summed E-state index contributed by atoms with van der Waals surface area (Å²) in [6.45, 7) is 6.41. The number of aryl methyl sites for hydroxylation is 1. The Balaban J connectivity index is 2.20. The van der Waals surface area contributed by atoms with E-state index in [1.807, 2.05) is 18.2 Å². The van der Waals surface area contributed by atoms with E-state index >= 15 is 0 Å². The molecule has 2 aromatic rings. The van der Waals surface area contributed by atoms with Gasteiger partial charge < -0.3 is 9.88 Å². The van der Waals surface area contributed by atoms with Crippen molar-refractivity contribution in [3.05, 3.63) is 29.0 Å². The lowest BCUT2D eigenvalue weighted by molar-refractivity contribution is 0.462. The fourth-order valence-electron chi connectivity index (χ4n) is 2.90. The molecule has 2 heterocycles. The van der Waals surface area contributed by atoms with Crippen LogP contribution in [0.2, 0.25) is 5.02 Å². The lowest BCUT2D eigenvalue weighted by Crippen LogP contribution is -2.21. The van der Waals surface area contributed by atoms with E-state index in [0.717, 1.165) is 35.0 Å². The third kappa shape index (κ3) is 1.73. The number of imidazole rings is 1. The molecule has 0 bridgehead atoms. The minimum Gasteiger partial charge on any atom is -0.326 e. The fourth-order valence-corrected chi connectivity index (χ4v) is 3.17. The van der Waals surface area contributed by atoms with Gasteiger partial charge in [0.05, 0.1) is 22.1 Å². The summed E-state index contributed by atoms with van der Waals surface area (Å²) in [6.07, 6.45) is 1.21. The van der Waals surface area contributed by atoms with Crippen molar-refractivity contribution in [2.75, 3.05) is 6.54 Å². The SMILES string of the molecule is CCn1c(C2NCCC2C)nc2cccc(Cl)c21. The normalized spacial score (nSPS) is 23.9. The molecule has 1 N–H and O–H groups in total. The first-order chi connectivity index (χ1) is 8.72. The number of fused-ring (bicyclic) bond motifs is 1. The molecule has 0 radical (unpaired) electrons. The summed E-state index contributed by atoms with van der Waals surface area (Å²) in [4.78, 5) is 4.79.